The molecule has 0 atom stereocenters. The van der Waals surface area contributed by atoms with Crippen LogP contribution < -0.4 is 5.32 Å². The lowest BCUT2D eigenvalue weighted by Crippen LogP contribution is -2.19. The van der Waals surface area contributed by atoms with Crippen LogP contribution in [0.3, 0.4) is 0 Å². The van der Waals surface area contributed by atoms with E-state index < -0.39 is 0 Å². The van der Waals surface area contributed by atoms with Gasteiger partial charge in [-0.2, -0.15) is 0 Å². The van der Waals surface area contributed by atoms with Crippen molar-refractivity contribution >= 4 is 22.6 Å². The van der Waals surface area contributed by atoms with Crippen LogP contribution in [0.1, 0.15) is 5.56 Å². The summed E-state index contributed by atoms with van der Waals surface area (Å²) < 4.78 is 1.94. The molecule has 0 fully saturated rings. The van der Waals surface area contributed by atoms with Crippen molar-refractivity contribution in [2.75, 3.05) is 5.32 Å². The maximum Gasteiger partial charge on any atom is 0.244 e. The van der Waals surface area contributed by atoms with Gasteiger partial charge in [0.2, 0.25) is 5.91 Å². The number of aromatic nitrogens is 3. The Hall–Kier alpha value is -3.47. The second kappa shape index (κ2) is 6.80. The third kappa shape index (κ3) is 3.07. The minimum absolute atomic E-state index is 0.0854. The van der Waals surface area contributed by atoms with E-state index in [-0.39, 0.29) is 12.5 Å². The molecule has 26 heavy (non-hydrogen) atoms. The third-order valence-electron chi connectivity index (χ3n) is 4.31. The van der Waals surface area contributed by atoms with Gasteiger partial charge in [0, 0.05) is 23.6 Å². The van der Waals surface area contributed by atoms with Gasteiger partial charge in [-0.15, -0.1) is 0 Å². The Balaban J connectivity index is 1.71. The second-order valence-electron chi connectivity index (χ2n) is 6.11. The summed E-state index contributed by atoms with van der Waals surface area (Å²) in [5, 5.41) is 2.99. The van der Waals surface area contributed by atoms with Crippen molar-refractivity contribution < 1.29 is 4.79 Å². The standard InChI is InChI=1S/C21H18N4O/c1-15-6-2-3-7-17(15)23-20(26)14-25-19-9-5-4-8-18(19)24-21(25)16-10-12-22-13-11-16/h2-13H,14H2,1H3,(H,23,26). The van der Waals surface area contributed by atoms with E-state index in [1.165, 1.54) is 0 Å². The molecule has 0 saturated heterocycles. The molecular formula is C21H18N4O. The lowest BCUT2D eigenvalue weighted by molar-refractivity contribution is -0.116. The molecular weight excluding hydrogens is 324 g/mol. The maximum atomic E-state index is 12.7. The zero-order valence-electron chi connectivity index (χ0n) is 14.4. The third-order valence-corrected chi connectivity index (χ3v) is 4.31. The van der Waals surface area contributed by atoms with Crippen molar-refractivity contribution in [3.05, 3.63) is 78.6 Å². The molecule has 128 valence electrons. The van der Waals surface area contributed by atoms with Crippen LogP contribution in [-0.4, -0.2) is 20.4 Å². The van der Waals surface area contributed by atoms with Crippen molar-refractivity contribution in [2.45, 2.75) is 13.5 Å². The fourth-order valence-electron chi connectivity index (χ4n) is 3.00. The first-order chi connectivity index (χ1) is 12.7. The van der Waals surface area contributed by atoms with E-state index in [2.05, 4.69) is 10.3 Å². The molecule has 1 N–H and O–H groups in total. The van der Waals surface area contributed by atoms with E-state index in [9.17, 15) is 4.79 Å². The lowest BCUT2D eigenvalue weighted by atomic mass is 10.2. The Bertz CT molecular complexity index is 1070. The number of rotatable bonds is 4. The molecule has 0 bridgehead atoms. The lowest BCUT2D eigenvalue weighted by Gasteiger charge is -2.11. The van der Waals surface area contributed by atoms with Crippen molar-refractivity contribution in [1.82, 2.24) is 14.5 Å². The number of benzene rings is 2. The van der Waals surface area contributed by atoms with Gasteiger partial charge in [-0.25, -0.2) is 4.98 Å². The molecule has 2 heterocycles. The van der Waals surface area contributed by atoms with Crippen LogP contribution in [0.15, 0.2) is 73.1 Å². The number of nitrogens with zero attached hydrogens (tertiary/aromatic N) is 3. The Morgan fingerprint density at radius 2 is 1.73 bits per heavy atom. The van der Waals surface area contributed by atoms with Crippen molar-refractivity contribution in [2.24, 2.45) is 0 Å². The highest BCUT2D eigenvalue weighted by Gasteiger charge is 2.15. The first-order valence-corrected chi connectivity index (χ1v) is 8.43. The zero-order chi connectivity index (χ0) is 17.9. The summed E-state index contributed by atoms with van der Waals surface area (Å²) >= 11 is 0. The predicted molar refractivity (Wildman–Crippen MR) is 103 cm³/mol. The quantitative estimate of drug-likeness (QED) is 0.609. The molecule has 4 rings (SSSR count). The van der Waals surface area contributed by atoms with Gasteiger partial charge in [-0.3, -0.25) is 9.78 Å². The van der Waals surface area contributed by atoms with Crippen LogP contribution in [0, 0.1) is 6.92 Å². The number of carbonyl (C=O) groups excluding carboxylic acids is 1. The summed E-state index contributed by atoms with van der Waals surface area (Å²) in [7, 11) is 0. The van der Waals surface area contributed by atoms with E-state index in [0.29, 0.717) is 0 Å². The largest absolute Gasteiger partial charge is 0.324 e. The van der Waals surface area contributed by atoms with Crippen LogP contribution >= 0.6 is 0 Å². The highest BCUT2D eigenvalue weighted by atomic mass is 16.1. The van der Waals surface area contributed by atoms with E-state index in [4.69, 9.17) is 4.98 Å². The SMILES string of the molecule is Cc1ccccc1NC(=O)Cn1c(-c2ccncc2)nc2ccccc21. The fraction of sp³-hybridized carbons (Fsp3) is 0.0952. The van der Waals surface area contributed by atoms with Crippen molar-refractivity contribution in [3.8, 4) is 11.4 Å². The Morgan fingerprint density at radius 3 is 2.54 bits per heavy atom. The van der Waals surface area contributed by atoms with Gasteiger partial charge in [0.15, 0.2) is 0 Å². The minimum Gasteiger partial charge on any atom is -0.324 e. The summed E-state index contributed by atoms with van der Waals surface area (Å²) in [6.07, 6.45) is 3.46. The van der Waals surface area contributed by atoms with E-state index >= 15 is 0 Å². The maximum absolute atomic E-state index is 12.7. The molecule has 0 aliphatic rings. The van der Waals surface area contributed by atoms with Crippen molar-refractivity contribution in [1.29, 1.82) is 0 Å². The number of pyridine rings is 1. The van der Waals surface area contributed by atoms with Crippen molar-refractivity contribution in [3.63, 3.8) is 0 Å². The highest BCUT2D eigenvalue weighted by molar-refractivity contribution is 5.93. The van der Waals surface area contributed by atoms with Crippen LogP contribution in [-0.2, 0) is 11.3 Å². The number of imidazole rings is 1. The van der Waals surface area contributed by atoms with Gasteiger partial charge in [-0.05, 0) is 42.8 Å². The average molecular weight is 342 g/mol. The molecule has 5 heteroatoms. The number of hydrogen-bond donors (Lipinski definition) is 1. The predicted octanol–water partition coefficient (Wildman–Crippen LogP) is 4.05. The number of para-hydroxylation sites is 3. The molecule has 0 saturated carbocycles. The highest BCUT2D eigenvalue weighted by Crippen LogP contribution is 2.24. The monoisotopic (exact) mass is 342 g/mol. The molecule has 0 aliphatic heterocycles. The smallest absolute Gasteiger partial charge is 0.244 e. The second-order valence-corrected chi connectivity index (χ2v) is 6.11. The summed E-state index contributed by atoms with van der Waals surface area (Å²) in [6, 6.07) is 19.4. The Kier molecular flexibility index (Phi) is 4.19. The van der Waals surface area contributed by atoms with Gasteiger partial charge >= 0.3 is 0 Å². The number of nitrogens with one attached hydrogen (secondary N) is 1. The summed E-state index contributed by atoms with van der Waals surface area (Å²) in [4.78, 5) is 21.5. The number of fused-ring (bicyclic) bond motifs is 1. The molecule has 0 radical (unpaired) electrons. The van der Waals surface area contributed by atoms with Gasteiger partial charge in [0.05, 0.1) is 11.0 Å². The minimum atomic E-state index is -0.0854. The van der Waals surface area contributed by atoms with Crippen LogP contribution in [0.25, 0.3) is 22.4 Å². The molecule has 5 nitrogen and oxygen atoms in total. The molecule has 2 aromatic heterocycles. The van der Waals surface area contributed by atoms with Crippen LogP contribution in [0.4, 0.5) is 5.69 Å². The summed E-state index contributed by atoms with van der Waals surface area (Å²) in [5.41, 5.74) is 4.58. The van der Waals surface area contributed by atoms with E-state index in [0.717, 1.165) is 33.7 Å². The Morgan fingerprint density at radius 1 is 1.00 bits per heavy atom. The van der Waals surface area contributed by atoms with Gasteiger partial charge in [0.25, 0.3) is 0 Å². The van der Waals surface area contributed by atoms with Crippen LogP contribution in [0.2, 0.25) is 0 Å². The first kappa shape index (κ1) is 16.0. The fourth-order valence-corrected chi connectivity index (χ4v) is 3.00. The topological polar surface area (TPSA) is 59.8 Å². The molecule has 4 aromatic rings. The number of aryl methyl sites for hydroxylation is 1. The number of amides is 1. The van der Waals surface area contributed by atoms with Gasteiger partial charge in [0.1, 0.15) is 12.4 Å². The molecule has 1 amide bonds. The normalized spacial score (nSPS) is 10.8. The number of hydrogen-bond acceptors (Lipinski definition) is 3. The Labute approximate surface area is 151 Å². The van der Waals surface area contributed by atoms with E-state index in [1.54, 1.807) is 12.4 Å². The molecule has 0 aliphatic carbocycles. The summed E-state index contributed by atoms with van der Waals surface area (Å²) in [6.45, 7) is 2.16. The molecule has 0 unspecified atom stereocenters. The average Bonchev–Trinajstić information content (AvgIpc) is 3.03. The van der Waals surface area contributed by atoms with Crippen LogP contribution in [0.5, 0.6) is 0 Å². The molecule has 0 spiro atoms. The zero-order valence-corrected chi connectivity index (χ0v) is 14.4. The number of anilines is 1. The van der Waals surface area contributed by atoms with E-state index in [1.807, 2.05) is 72.2 Å². The molecule has 2 aromatic carbocycles. The van der Waals surface area contributed by atoms with Gasteiger partial charge < -0.3 is 9.88 Å². The first-order valence-electron chi connectivity index (χ1n) is 8.43. The van der Waals surface area contributed by atoms with Gasteiger partial charge in [-0.1, -0.05) is 30.3 Å². The number of carbonyl (C=O) groups is 1. The summed E-state index contributed by atoms with van der Waals surface area (Å²) in [5.74, 6) is 0.672.